The minimum atomic E-state index is -0.793. The SMILES string of the molecule is CC1(C)NC[C@@H](C(=O)O)N1. The second kappa shape index (κ2) is 2.21. The minimum absolute atomic E-state index is 0.233. The zero-order chi connectivity index (χ0) is 7.78. The zero-order valence-electron chi connectivity index (χ0n) is 6.14. The fraction of sp³-hybridized carbons (Fsp3) is 0.833. The van der Waals surface area contributed by atoms with Crippen LogP contribution in [0.2, 0.25) is 0 Å². The largest absolute Gasteiger partial charge is 0.480 e. The molecule has 0 radical (unpaired) electrons. The molecule has 0 aromatic rings. The van der Waals surface area contributed by atoms with Gasteiger partial charge in [0.15, 0.2) is 0 Å². The van der Waals surface area contributed by atoms with Crippen LogP contribution in [0.15, 0.2) is 0 Å². The van der Waals surface area contributed by atoms with E-state index in [1.807, 2.05) is 13.8 Å². The van der Waals surface area contributed by atoms with Crippen LogP contribution in [0, 0.1) is 0 Å². The van der Waals surface area contributed by atoms with Crippen LogP contribution in [-0.2, 0) is 4.79 Å². The van der Waals surface area contributed by atoms with Gasteiger partial charge in [0.1, 0.15) is 6.04 Å². The molecule has 58 valence electrons. The third-order valence-electron chi connectivity index (χ3n) is 1.58. The van der Waals surface area contributed by atoms with E-state index in [2.05, 4.69) is 10.6 Å². The Balaban J connectivity index is 2.51. The Morgan fingerprint density at radius 3 is 2.50 bits per heavy atom. The molecule has 3 N–H and O–H groups in total. The number of nitrogens with one attached hydrogen (secondary N) is 2. The summed E-state index contributed by atoms with van der Waals surface area (Å²) in [6.07, 6.45) is 0. The number of carbonyl (C=O) groups is 1. The summed E-state index contributed by atoms with van der Waals surface area (Å²) in [7, 11) is 0. The monoisotopic (exact) mass is 144 g/mol. The van der Waals surface area contributed by atoms with Crippen LogP contribution in [0.25, 0.3) is 0 Å². The first kappa shape index (κ1) is 7.50. The number of carboxylic acid groups (broad SMARTS) is 1. The third-order valence-corrected chi connectivity index (χ3v) is 1.58. The van der Waals surface area contributed by atoms with Gasteiger partial charge in [-0.25, -0.2) is 0 Å². The molecule has 0 unspecified atom stereocenters. The van der Waals surface area contributed by atoms with Crippen molar-refractivity contribution in [1.82, 2.24) is 10.6 Å². The van der Waals surface area contributed by atoms with Crippen molar-refractivity contribution in [3.63, 3.8) is 0 Å². The maximum absolute atomic E-state index is 10.4. The first-order valence-electron chi connectivity index (χ1n) is 3.27. The van der Waals surface area contributed by atoms with Crippen molar-refractivity contribution in [2.75, 3.05) is 6.54 Å². The number of rotatable bonds is 1. The maximum Gasteiger partial charge on any atom is 0.322 e. The summed E-state index contributed by atoms with van der Waals surface area (Å²) in [5.74, 6) is -0.793. The fourth-order valence-electron chi connectivity index (χ4n) is 1.04. The molecule has 1 fully saturated rings. The van der Waals surface area contributed by atoms with Gasteiger partial charge in [-0.05, 0) is 13.8 Å². The Bertz CT molecular complexity index is 156. The quantitative estimate of drug-likeness (QED) is 0.458. The Morgan fingerprint density at radius 2 is 2.30 bits per heavy atom. The first-order valence-corrected chi connectivity index (χ1v) is 3.27. The summed E-state index contributed by atoms with van der Waals surface area (Å²) in [6, 6.07) is -0.435. The van der Waals surface area contributed by atoms with E-state index < -0.39 is 12.0 Å². The van der Waals surface area contributed by atoms with Crippen LogP contribution in [0.5, 0.6) is 0 Å². The van der Waals surface area contributed by atoms with Crippen molar-refractivity contribution >= 4 is 5.97 Å². The molecule has 4 nitrogen and oxygen atoms in total. The predicted octanol–water partition coefficient (Wildman–Crippen LogP) is -0.631. The average Bonchev–Trinajstić information content (AvgIpc) is 2.10. The molecule has 0 aromatic carbocycles. The van der Waals surface area contributed by atoms with Gasteiger partial charge >= 0.3 is 5.97 Å². The Kier molecular flexibility index (Phi) is 1.66. The van der Waals surface area contributed by atoms with Crippen LogP contribution < -0.4 is 10.6 Å². The van der Waals surface area contributed by atoms with Gasteiger partial charge in [-0.3, -0.25) is 15.4 Å². The molecule has 0 saturated carbocycles. The molecule has 0 amide bonds. The van der Waals surface area contributed by atoms with Gasteiger partial charge in [-0.2, -0.15) is 0 Å². The number of aliphatic carboxylic acids is 1. The Labute approximate surface area is 59.6 Å². The lowest BCUT2D eigenvalue weighted by molar-refractivity contribution is -0.138. The molecular formula is C6H12N2O2. The number of hydrogen-bond acceptors (Lipinski definition) is 3. The molecule has 1 aliphatic rings. The second-order valence-electron chi connectivity index (χ2n) is 3.04. The van der Waals surface area contributed by atoms with Gasteiger partial charge in [0, 0.05) is 6.54 Å². The highest BCUT2D eigenvalue weighted by molar-refractivity contribution is 5.74. The lowest BCUT2D eigenvalue weighted by Gasteiger charge is -2.18. The van der Waals surface area contributed by atoms with E-state index in [4.69, 9.17) is 5.11 Å². The maximum atomic E-state index is 10.4. The van der Waals surface area contributed by atoms with Crippen LogP contribution >= 0.6 is 0 Å². The van der Waals surface area contributed by atoms with E-state index in [0.717, 1.165) is 0 Å². The fourth-order valence-corrected chi connectivity index (χ4v) is 1.04. The summed E-state index contributed by atoms with van der Waals surface area (Å²) < 4.78 is 0. The van der Waals surface area contributed by atoms with Gasteiger partial charge in [0.2, 0.25) is 0 Å². The van der Waals surface area contributed by atoms with E-state index in [-0.39, 0.29) is 5.66 Å². The van der Waals surface area contributed by atoms with Crippen LogP contribution in [0.3, 0.4) is 0 Å². The number of hydrogen-bond donors (Lipinski definition) is 3. The lowest BCUT2D eigenvalue weighted by atomic mass is 10.2. The van der Waals surface area contributed by atoms with Crippen molar-refractivity contribution in [2.45, 2.75) is 25.6 Å². The lowest BCUT2D eigenvalue weighted by Crippen LogP contribution is -2.45. The molecule has 0 spiro atoms. The Morgan fingerprint density at radius 1 is 1.70 bits per heavy atom. The minimum Gasteiger partial charge on any atom is -0.480 e. The molecule has 0 aliphatic carbocycles. The van der Waals surface area contributed by atoms with Gasteiger partial charge < -0.3 is 5.11 Å². The van der Waals surface area contributed by atoms with Gasteiger partial charge in [0.05, 0.1) is 5.66 Å². The molecule has 1 heterocycles. The predicted molar refractivity (Wildman–Crippen MR) is 36.6 cm³/mol. The molecule has 0 bridgehead atoms. The van der Waals surface area contributed by atoms with Crippen molar-refractivity contribution in [1.29, 1.82) is 0 Å². The highest BCUT2D eigenvalue weighted by atomic mass is 16.4. The standard InChI is InChI=1S/C6H12N2O2/c1-6(2)7-3-4(8-6)5(9)10/h4,7-8H,3H2,1-2H3,(H,9,10)/t4-/m0/s1. The summed E-state index contributed by atoms with van der Waals surface area (Å²) >= 11 is 0. The van der Waals surface area contributed by atoms with Gasteiger partial charge in [-0.1, -0.05) is 0 Å². The number of carboxylic acids is 1. The highest BCUT2D eigenvalue weighted by Crippen LogP contribution is 2.05. The molecule has 1 rings (SSSR count). The van der Waals surface area contributed by atoms with Crippen LogP contribution in [-0.4, -0.2) is 29.3 Å². The molecule has 0 aromatic heterocycles. The van der Waals surface area contributed by atoms with E-state index in [0.29, 0.717) is 6.54 Å². The van der Waals surface area contributed by atoms with Crippen LogP contribution in [0.1, 0.15) is 13.8 Å². The molecular weight excluding hydrogens is 132 g/mol. The van der Waals surface area contributed by atoms with E-state index >= 15 is 0 Å². The zero-order valence-corrected chi connectivity index (χ0v) is 6.14. The molecule has 1 atom stereocenters. The molecule has 1 saturated heterocycles. The third kappa shape index (κ3) is 1.46. The highest BCUT2D eigenvalue weighted by Gasteiger charge is 2.32. The first-order chi connectivity index (χ1) is 4.51. The van der Waals surface area contributed by atoms with E-state index in [9.17, 15) is 4.79 Å². The summed E-state index contributed by atoms with van der Waals surface area (Å²) in [5, 5.41) is 14.5. The van der Waals surface area contributed by atoms with E-state index in [1.54, 1.807) is 0 Å². The summed E-state index contributed by atoms with van der Waals surface area (Å²) in [4.78, 5) is 10.4. The smallest absolute Gasteiger partial charge is 0.322 e. The normalized spacial score (nSPS) is 30.4. The van der Waals surface area contributed by atoms with Crippen molar-refractivity contribution in [2.24, 2.45) is 0 Å². The van der Waals surface area contributed by atoms with Crippen LogP contribution in [0.4, 0.5) is 0 Å². The Hall–Kier alpha value is -0.610. The van der Waals surface area contributed by atoms with Crippen molar-refractivity contribution in [3.05, 3.63) is 0 Å². The second-order valence-corrected chi connectivity index (χ2v) is 3.04. The summed E-state index contributed by atoms with van der Waals surface area (Å²) in [6.45, 7) is 4.33. The molecule has 4 heteroatoms. The van der Waals surface area contributed by atoms with Crippen molar-refractivity contribution in [3.8, 4) is 0 Å². The summed E-state index contributed by atoms with van der Waals surface area (Å²) in [5.41, 5.74) is -0.233. The van der Waals surface area contributed by atoms with Gasteiger partial charge in [0.25, 0.3) is 0 Å². The topological polar surface area (TPSA) is 61.4 Å². The average molecular weight is 144 g/mol. The van der Waals surface area contributed by atoms with E-state index in [1.165, 1.54) is 0 Å². The molecule has 1 aliphatic heterocycles. The van der Waals surface area contributed by atoms with Crippen molar-refractivity contribution < 1.29 is 9.90 Å². The molecule has 10 heavy (non-hydrogen) atoms. The van der Waals surface area contributed by atoms with Gasteiger partial charge in [-0.15, -0.1) is 0 Å².